The molecule has 0 saturated heterocycles. The molecule has 0 fully saturated rings. The second-order valence-corrected chi connectivity index (χ2v) is 10.0. The first kappa shape index (κ1) is 37.9. The third kappa shape index (κ3) is 7.95. The fourth-order valence-electron chi connectivity index (χ4n) is 4.56. The Morgan fingerprint density at radius 1 is 0.521 bits per heavy atom. The summed E-state index contributed by atoms with van der Waals surface area (Å²) in [5.41, 5.74) is -3.39. The Hall–Kier alpha value is -4.51. The zero-order valence-corrected chi connectivity index (χ0v) is 26.7. The van der Waals surface area contributed by atoms with Gasteiger partial charge in [-0.3, -0.25) is 0 Å². The van der Waals surface area contributed by atoms with Gasteiger partial charge < -0.3 is 4.74 Å². The number of benzene rings is 5. The Morgan fingerprint density at radius 3 is 1.48 bits per heavy atom. The highest BCUT2D eigenvalue weighted by molar-refractivity contribution is 6.33. The summed E-state index contributed by atoms with van der Waals surface area (Å²) in [7, 11) is 0. The number of aryl methyl sites for hydroxylation is 1. The first-order chi connectivity index (χ1) is 22.7. The van der Waals surface area contributed by atoms with E-state index in [9.17, 15) is 39.5 Å². The van der Waals surface area contributed by atoms with Crippen LogP contribution in [0.25, 0.3) is 33.4 Å². The van der Waals surface area contributed by atoms with E-state index in [0.717, 1.165) is 24.3 Å². The van der Waals surface area contributed by atoms with Crippen LogP contribution in [0.4, 0.5) is 43.9 Å². The SMILES string of the molecule is CC.CC.Cc1ccc(-c2cc(F)c(-c3cc(F)c(C(F)(F)Oc4ccc(-c5cc(F)c(F)c(F)c5)c(F)c4)c(F)c3)c(Cl)c2)c(F)c1. The summed E-state index contributed by atoms with van der Waals surface area (Å²) in [5.74, 6) is -12.9. The molecule has 0 aliphatic heterocycles. The lowest BCUT2D eigenvalue weighted by atomic mass is 9.97. The maximum Gasteiger partial charge on any atom is 0.432 e. The van der Waals surface area contributed by atoms with Crippen LogP contribution in [-0.4, -0.2) is 0 Å². The van der Waals surface area contributed by atoms with Crippen LogP contribution in [0.5, 0.6) is 5.75 Å². The van der Waals surface area contributed by atoms with Crippen molar-refractivity contribution in [1.29, 1.82) is 0 Å². The van der Waals surface area contributed by atoms with Crippen molar-refractivity contribution >= 4 is 11.6 Å². The lowest BCUT2D eigenvalue weighted by Gasteiger charge is -2.20. The fraction of sp³-hybridized carbons (Fsp3) is 0.167. The zero-order valence-electron chi connectivity index (χ0n) is 26.0. The van der Waals surface area contributed by atoms with Gasteiger partial charge in [0, 0.05) is 22.8 Å². The first-order valence-corrected chi connectivity index (χ1v) is 14.8. The molecule has 0 aliphatic rings. The van der Waals surface area contributed by atoms with E-state index in [1.54, 1.807) is 13.0 Å². The second kappa shape index (κ2) is 15.6. The molecule has 0 radical (unpaired) electrons. The summed E-state index contributed by atoms with van der Waals surface area (Å²) >= 11 is 6.17. The van der Waals surface area contributed by atoms with Gasteiger partial charge in [0.05, 0.1) is 5.02 Å². The third-order valence-electron chi connectivity index (χ3n) is 6.58. The monoisotopic (exact) mass is 700 g/mol. The molecule has 1 nitrogen and oxygen atoms in total. The van der Waals surface area contributed by atoms with E-state index in [-0.39, 0.29) is 11.1 Å². The quantitative estimate of drug-likeness (QED) is 0.127. The van der Waals surface area contributed by atoms with E-state index >= 15 is 4.39 Å². The molecule has 0 saturated carbocycles. The van der Waals surface area contributed by atoms with E-state index in [1.165, 1.54) is 12.1 Å². The van der Waals surface area contributed by atoms with Crippen molar-refractivity contribution in [2.75, 3.05) is 0 Å². The van der Waals surface area contributed by atoms with Crippen LogP contribution in [0, 0.1) is 53.5 Å². The largest absolute Gasteiger partial charge is 0.432 e. The Kier molecular flexibility index (Phi) is 12.3. The highest BCUT2D eigenvalue weighted by Gasteiger charge is 2.41. The standard InChI is InChI=1S/C32H15ClF10O.2C2H6/c1-14-2-4-19(22(34)6-14)15-7-21(33)29(24(36)8-15)17-11-25(37)30(26(38)12-17)32(42,43)44-18-3-5-20(23(35)13-18)16-9-27(39)31(41)28(40)10-16;2*1-2/h2-13H,1H3;2*1-2H3. The van der Waals surface area contributed by atoms with E-state index in [4.69, 9.17) is 11.6 Å². The summed E-state index contributed by atoms with van der Waals surface area (Å²) in [5, 5.41) is -0.397. The number of rotatable bonds is 6. The van der Waals surface area contributed by atoms with Crippen molar-refractivity contribution in [3.8, 4) is 39.1 Å². The molecule has 12 heteroatoms. The molecule has 0 atom stereocenters. The zero-order chi connectivity index (χ0) is 36.1. The van der Waals surface area contributed by atoms with E-state index in [1.807, 2.05) is 27.7 Å². The van der Waals surface area contributed by atoms with Gasteiger partial charge in [0.25, 0.3) is 0 Å². The maximum atomic E-state index is 15.1. The molecule has 5 aromatic rings. The number of hydrogen-bond acceptors (Lipinski definition) is 1. The van der Waals surface area contributed by atoms with Crippen molar-refractivity contribution in [3.63, 3.8) is 0 Å². The molecule has 0 N–H and O–H groups in total. The molecule has 0 aliphatic carbocycles. The van der Waals surface area contributed by atoms with E-state index < -0.39 is 91.2 Å². The predicted molar refractivity (Wildman–Crippen MR) is 166 cm³/mol. The molecule has 5 rings (SSSR count). The molecule has 48 heavy (non-hydrogen) atoms. The Balaban J connectivity index is 0.00000151. The average molecular weight is 701 g/mol. The Bertz CT molecular complexity index is 1870. The van der Waals surface area contributed by atoms with Gasteiger partial charge in [0.2, 0.25) is 0 Å². The molecular formula is C36H27ClF10O. The smallest absolute Gasteiger partial charge is 0.429 e. The van der Waals surface area contributed by atoms with Crippen LogP contribution in [0.3, 0.4) is 0 Å². The van der Waals surface area contributed by atoms with Gasteiger partial charge in [-0.1, -0.05) is 51.4 Å². The number of halogens is 11. The van der Waals surface area contributed by atoms with Gasteiger partial charge >= 0.3 is 6.11 Å². The molecule has 254 valence electrons. The van der Waals surface area contributed by atoms with Crippen LogP contribution in [0.2, 0.25) is 5.02 Å². The Morgan fingerprint density at radius 2 is 0.979 bits per heavy atom. The maximum absolute atomic E-state index is 15.1. The summed E-state index contributed by atoms with van der Waals surface area (Å²) in [6.45, 7) is 9.64. The first-order valence-electron chi connectivity index (χ1n) is 14.4. The highest BCUT2D eigenvalue weighted by Crippen LogP contribution is 2.41. The lowest BCUT2D eigenvalue weighted by molar-refractivity contribution is -0.189. The normalized spacial score (nSPS) is 10.9. The topological polar surface area (TPSA) is 9.23 Å². The molecular weight excluding hydrogens is 674 g/mol. The second-order valence-electron chi connectivity index (χ2n) is 9.63. The van der Waals surface area contributed by atoms with Crippen LogP contribution < -0.4 is 4.74 Å². The summed E-state index contributed by atoms with van der Waals surface area (Å²) in [6, 6.07) is 9.74. The molecule has 0 spiro atoms. The summed E-state index contributed by atoms with van der Waals surface area (Å²) in [6.07, 6.45) is -4.75. The van der Waals surface area contributed by atoms with E-state index in [2.05, 4.69) is 4.74 Å². The van der Waals surface area contributed by atoms with Crippen molar-refractivity contribution < 1.29 is 48.6 Å². The van der Waals surface area contributed by atoms with Crippen LogP contribution in [0.1, 0.15) is 38.8 Å². The van der Waals surface area contributed by atoms with Crippen molar-refractivity contribution in [2.24, 2.45) is 0 Å². The van der Waals surface area contributed by atoms with Gasteiger partial charge in [-0.2, -0.15) is 8.78 Å². The fourth-order valence-corrected chi connectivity index (χ4v) is 4.87. The predicted octanol–water partition coefficient (Wildman–Crippen LogP) is 12.9. The number of alkyl halides is 2. The van der Waals surface area contributed by atoms with E-state index in [0.29, 0.717) is 35.9 Å². The molecule has 0 heterocycles. The average Bonchev–Trinajstić information content (AvgIpc) is 3.00. The minimum Gasteiger partial charge on any atom is -0.429 e. The van der Waals surface area contributed by atoms with Crippen molar-refractivity contribution in [2.45, 2.75) is 40.7 Å². The van der Waals surface area contributed by atoms with Gasteiger partial charge in [-0.15, -0.1) is 0 Å². The van der Waals surface area contributed by atoms with Crippen LogP contribution >= 0.6 is 11.6 Å². The highest BCUT2D eigenvalue weighted by atomic mass is 35.5. The summed E-state index contributed by atoms with van der Waals surface area (Å²) in [4.78, 5) is 0. The molecule has 0 aromatic heterocycles. The Labute approximate surface area is 275 Å². The van der Waals surface area contributed by atoms with Gasteiger partial charge in [0.1, 0.15) is 40.4 Å². The van der Waals surface area contributed by atoms with Crippen molar-refractivity contribution in [1.82, 2.24) is 0 Å². The van der Waals surface area contributed by atoms with Gasteiger partial charge in [-0.25, -0.2) is 35.1 Å². The third-order valence-corrected chi connectivity index (χ3v) is 6.88. The number of hydrogen-bond donors (Lipinski definition) is 0. The lowest BCUT2D eigenvalue weighted by Crippen LogP contribution is -2.25. The molecule has 0 bridgehead atoms. The van der Waals surface area contributed by atoms with Crippen LogP contribution in [-0.2, 0) is 6.11 Å². The minimum absolute atomic E-state index is 0.00564. The number of ether oxygens (including phenoxy) is 1. The molecule has 0 amide bonds. The summed E-state index contributed by atoms with van der Waals surface area (Å²) < 4.78 is 149. The molecule has 0 unspecified atom stereocenters. The van der Waals surface area contributed by atoms with Gasteiger partial charge in [0.15, 0.2) is 17.5 Å². The van der Waals surface area contributed by atoms with Gasteiger partial charge in [-0.05, 0) is 83.8 Å². The molecule has 5 aromatic carbocycles. The minimum atomic E-state index is -4.75. The van der Waals surface area contributed by atoms with Crippen molar-refractivity contribution in [3.05, 3.63) is 135 Å². The van der Waals surface area contributed by atoms with Crippen LogP contribution in [0.15, 0.2) is 72.8 Å².